The van der Waals surface area contributed by atoms with E-state index in [1.165, 1.54) is 154 Å². The van der Waals surface area contributed by atoms with Crippen molar-refractivity contribution in [2.24, 2.45) is 0 Å². The lowest BCUT2D eigenvalue weighted by molar-refractivity contribution is -0.359. The van der Waals surface area contributed by atoms with Gasteiger partial charge in [0.1, 0.15) is 48.8 Å². The number of aliphatic hydroxyl groups excluding tert-OH is 8. The molecule has 9 N–H and O–H groups in total. The molecule has 12 atom stereocenters. The molecule has 12 unspecified atom stereocenters. The Morgan fingerprint density at radius 2 is 0.934 bits per heavy atom. The number of hydrogen-bond acceptors (Lipinski definition) is 13. The number of allylic oxidation sites excluding steroid dienone is 9. The van der Waals surface area contributed by atoms with Crippen molar-refractivity contribution in [1.29, 1.82) is 0 Å². The molecule has 2 aliphatic rings. The predicted octanol–water partition coefficient (Wildman–Crippen LogP) is 10.6. The van der Waals surface area contributed by atoms with Gasteiger partial charge in [0.25, 0.3) is 0 Å². The van der Waals surface area contributed by atoms with Crippen molar-refractivity contribution in [2.45, 2.75) is 306 Å². The summed E-state index contributed by atoms with van der Waals surface area (Å²) in [4.78, 5) is 13.2. The number of hydrogen-bond donors (Lipinski definition) is 9. The standard InChI is InChI=1S/C62H111NO13/c1-3-5-7-9-11-13-14-15-16-17-18-19-20-21-22-23-24-25-26-27-28-29-30-31-32-33-34-35-36-38-40-42-44-46-54(67)63-50(51(66)45-43-41-39-37-12-10-8-6-4-2)49-73-61-59(72)57(70)60(53(48-65)75-61)76-62-58(71)56(69)55(68)52(47-64)74-62/h4,6,12,14-15,17-18,37,43,45,50-53,55-62,64-66,68-72H,3,5,7-11,13,16,19-36,38-42,44,46-49H2,1-2H3,(H,63,67)/b6-4+,15-14-,18-17-,37-12+,45-43+. The first-order chi connectivity index (χ1) is 37.1. The van der Waals surface area contributed by atoms with Gasteiger partial charge in [-0.1, -0.05) is 215 Å². The van der Waals surface area contributed by atoms with Gasteiger partial charge in [0, 0.05) is 6.42 Å². The lowest BCUT2D eigenvalue weighted by atomic mass is 9.97. The summed E-state index contributed by atoms with van der Waals surface area (Å²) in [6.07, 6.45) is 44.8. The number of ether oxygens (including phenoxy) is 4. The maximum absolute atomic E-state index is 13.2. The minimum Gasteiger partial charge on any atom is -0.394 e. The van der Waals surface area contributed by atoms with E-state index in [2.05, 4.69) is 54.8 Å². The maximum atomic E-state index is 13.2. The van der Waals surface area contributed by atoms with E-state index in [0.717, 1.165) is 44.9 Å². The fourth-order valence-corrected chi connectivity index (χ4v) is 9.83. The normalized spacial score (nSPS) is 25.3. The molecule has 0 aliphatic carbocycles. The molecular weight excluding hydrogens is 967 g/mol. The fraction of sp³-hybridized carbons (Fsp3) is 0.823. The number of carbonyl (C=O) groups excluding carboxylic acids is 1. The highest BCUT2D eigenvalue weighted by Gasteiger charge is 2.51. The van der Waals surface area contributed by atoms with Gasteiger partial charge in [-0.15, -0.1) is 0 Å². The first-order valence-electron chi connectivity index (χ1n) is 30.5. The molecule has 0 radical (unpaired) electrons. The second-order valence-electron chi connectivity index (χ2n) is 21.5. The average Bonchev–Trinajstić information content (AvgIpc) is 3.42. The van der Waals surface area contributed by atoms with E-state index in [1.54, 1.807) is 6.08 Å². The van der Waals surface area contributed by atoms with Gasteiger partial charge < -0.3 is 65.1 Å². The van der Waals surface area contributed by atoms with Crippen LogP contribution in [0.25, 0.3) is 0 Å². The Morgan fingerprint density at radius 3 is 1.43 bits per heavy atom. The summed E-state index contributed by atoms with van der Waals surface area (Å²) in [6, 6.07) is -0.936. The molecule has 0 aromatic carbocycles. The zero-order valence-corrected chi connectivity index (χ0v) is 47.5. The molecule has 14 nitrogen and oxygen atoms in total. The van der Waals surface area contributed by atoms with E-state index >= 15 is 0 Å². The highest BCUT2D eigenvalue weighted by atomic mass is 16.7. The molecule has 2 rings (SSSR count). The molecular formula is C62H111NO13. The first-order valence-corrected chi connectivity index (χ1v) is 30.5. The Hall–Kier alpha value is -2.31. The van der Waals surface area contributed by atoms with Crippen molar-refractivity contribution < 1.29 is 64.6 Å². The summed E-state index contributed by atoms with van der Waals surface area (Å²) in [6.45, 7) is 2.52. The minimum atomic E-state index is -1.79. The van der Waals surface area contributed by atoms with Crippen molar-refractivity contribution in [3.05, 3.63) is 60.8 Å². The average molecular weight is 1080 g/mol. The van der Waals surface area contributed by atoms with Crippen LogP contribution in [0.3, 0.4) is 0 Å². The topological polar surface area (TPSA) is 228 Å². The van der Waals surface area contributed by atoms with Gasteiger partial charge in [-0.25, -0.2) is 0 Å². The molecule has 0 aromatic rings. The lowest BCUT2D eigenvalue weighted by Crippen LogP contribution is -2.65. The van der Waals surface area contributed by atoms with Crippen molar-refractivity contribution >= 4 is 5.91 Å². The third-order valence-corrected chi connectivity index (χ3v) is 14.7. The van der Waals surface area contributed by atoms with E-state index in [9.17, 15) is 45.6 Å². The lowest BCUT2D eigenvalue weighted by Gasteiger charge is -2.46. The van der Waals surface area contributed by atoms with E-state index in [0.29, 0.717) is 12.8 Å². The smallest absolute Gasteiger partial charge is 0.220 e. The van der Waals surface area contributed by atoms with Crippen LogP contribution in [-0.4, -0.2) is 140 Å². The van der Waals surface area contributed by atoms with Crippen molar-refractivity contribution in [2.75, 3.05) is 19.8 Å². The van der Waals surface area contributed by atoms with Crippen molar-refractivity contribution in [3.8, 4) is 0 Å². The van der Waals surface area contributed by atoms with Crippen LogP contribution < -0.4 is 5.32 Å². The number of unbranched alkanes of at least 4 members (excludes halogenated alkanes) is 28. The number of rotatable bonds is 48. The van der Waals surface area contributed by atoms with Gasteiger partial charge in [0.05, 0.1) is 32.0 Å². The molecule has 442 valence electrons. The molecule has 14 heteroatoms. The molecule has 0 bridgehead atoms. The highest BCUT2D eigenvalue weighted by Crippen LogP contribution is 2.30. The summed E-state index contributed by atoms with van der Waals surface area (Å²) in [5, 5.41) is 86.7. The second-order valence-corrected chi connectivity index (χ2v) is 21.5. The van der Waals surface area contributed by atoms with Crippen LogP contribution in [0, 0.1) is 0 Å². The summed E-state index contributed by atoms with van der Waals surface area (Å²) < 4.78 is 22.7. The molecule has 0 spiro atoms. The Labute approximate surface area is 460 Å². The van der Waals surface area contributed by atoms with E-state index in [1.807, 2.05) is 19.1 Å². The van der Waals surface area contributed by atoms with E-state index in [4.69, 9.17) is 18.9 Å². The van der Waals surface area contributed by atoms with Crippen molar-refractivity contribution in [1.82, 2.24) is 5.32 Å². The fourth-order valence-electron chi connectivity index (χ4n) is 9.83. The Bertz CT molecular complexity index is 1510. The SMILES string of the molecule is C/C=C/CC/C=C/CC/C=C/C(O)C(COC1OC(CO)C(OC2OC(CO)C(O)C(O)C2O)C(O)C1O)NC(=O)CCCCCCCCCCCCCCCCCCCCCCC/C=C\C/C=C\CCCCCCC. The van der Waals surface area contributed by atoms with Crippen LogP contribution in [0.1, 0.15) is 232 Å². The molecule has 2 fully saturated rings. The predicted molar refractivity (Wildman–Crippen MR) is 304 cm³/mol. The third kappa shape index (κ3) is 32.7. The first kappa shape index (κ1) is 69.8. The summed E-state index contributed by atoms with van der Waals surface area (Å²) >= 11 is 0. The van der Waals surface area contributed by atoms with Crippen LogP contribution >= 0.6 is 0 Å². The zero-order valence-electron chi connectivity index (χ0n) is 47.5. The van der Waals surface area contributed by atoms with Gasteiger partial charge in [-0.05, 0) is 71.1 Å². The highest BCUT2D eigenvalue weighted by molar-refractivity contribution is 5.76. The van der Waals surface area contributed by atoms with Gasteiger partial charge in [-0.3, -0.25) is 4.79 Å². The summed E-state index contributed by atoms with van der Waals surface area (Å²) in [7, 11) is 0. The number of carbonyl (C=O) groups is 1. The molecule has 1 amide bonds. The molecule has 76 heavy (non-hydrogen) atoms. The van der Waals surface area contributed by atoms with Gasteiger partial charge in [0.2, 0.25) is 5.91 Å². The number of amides is 1. The molecule has 0 aromatic heterocycles. The Morgan fingerprint density at radius 1 is 0.500 bits per heavy atom. The Balaban J connectivity index is 1.59. The summed E-state index contributed by atoms with van der Waals surface area (Å²) in [5.41, 5.74) is 0. The molecule has 2 heterocycles. The van der Waals surface area contributed by atoms with Crippen LogP contribution in [0.15, 0.2) is 60.8 Å². The number of nitrogens with one attached hydrogen (secondary N) is 1. The van der Waals surface area contributed by atoms with Crippen LogP contribution in [0.2, 0.25) is 0 Å². The van der Waals surface area contributed by atoms with Crippen molar-refractivity contribution in [3.63, 3.8) is 0 Å². The van der Waals surface area contributed by atoms with E-state index < -0.39 is 86.8 Å². The van der Waals surface area contributed by atoms with Gasteiger partial charge in [-0.2, -0.15) is 0 Å². The summed E-state index contributed by atoms with van der Waals surface area (Å²) in [5.74, 6) is -0.255. The monoisotopic (exact) mass is 1080 g/mol. The van der Waals surface area contributed by atoms with Crippen LogP contribution in [-0.2, 0) is 23.7 Å². The zero-order chi connectivity index (χ0) is 55.3. The van der Waals surface area contributed by atoms with Gasteiger partial charge >= 0.3 is 0 Å². The quantitative estimate of drug-likeness (QED) is 0.0204. The number of aliphatic hydroxyl groups is 8. The molecule has 2 aliphatic heterocycles. The Kier molecular flexibility index (Phi) is 43.6. The largest absolute Gasteiger partial charge is 0.394 e. The second kappa shape index (κ2) is 47.5. The molecule has 0 saturated carbocycles. The van der Waals surface area contributed by atoms with Crippen LogP contribution in [0.4, 0.5) is 0 Å². The molecule has 2 saturated heterocycles. The van der Waals surface area contributed by atoms with Crippen LogP contribution in [0.5, 0.6) is 0 Å². The minimum absolute atomic E-state index is 0.255. The third-order valence-electron chi connectivity index (χ3n) is 14.7. The van der Waals surface area contributed by atoms with Gasteiger partial charge in [0.15, 0.2) is 12.6 Å². The van der Waals surface area contributed by atoms with E-state index in [-0.39, 0.29) is 18.9 Å². The maximum Gasteiger partial charge on any atom is 0.220 e.